The largest absolute Gasteiger partial charge is 0.506 e. The minimum Gasteiger partial charge on any atom is -0.506 e. The molecule has 0 aromatic heterocycles. The number of amides is 1. The summed E-state index contributed by atoms with van der Waals surface area (Å²) in [5.74, 6) is -0.239. The average molecular weight is 335 g/mol. The Kier molecular flexibility index (Phi) is 4.76. The van der Waals surface area contributed by atoms with Crippen molar-refractivity contribution in [3.8, 4) is 5.75 Å². The maximum absolute atomic E-state index is 12.2. The van der Waals surface area contributed by atoms with Crippen LogP contribution in [0, 0.1) is 0 Å². The van der Waals surface area contributed by atoms with Crippen LogP contribution in [0.5, 0.6) is 5.75 Å². The number of hydrogen-bond acceptors (Lipinski definition) is 3. The molecule has 0 aliphatic heterocycles. The van der Waals surface area contributed by atoms with E-state index in [1.165, 1.54) is 6.07 Å². The van der Waals surface area contributed by atoms with Crippen molar-refractivity contribution in [1.82, 2.24) is 0 Å². The minimum atomic E-state index is -0.266. The number of nitrogens with one attached hydrogen (secondary N) is 1. The summed E-state index contributed by atoms with van der Waals surface area (Å²) in [6, 6.07) is 12.1. The Morgan fingerprint density at radius 3 is 2.80 bits per heavy atom. The summed E-state index contributed by atoms with van der Waals surface area (Å²) in [5, 5.41) is 12.4. The number of phenols is 1. The van der Waals surface area contributed by atoms with Gasteiger partial charge in [0.1, 0.15) is 5.75 Å². The van der Waals surface area contributed by atoms with Gasteiger partial charge in [0.2, 0.25) is 0 Å². The molecule has 0 heterocycles. The SMILES string of the molecule is NCCc1cccc(C(=O)Nc2cc(Br)ccc2O)c1. The topological polar surface area (TPSA) is 75.4 Å². The van der Waals surface area contributed by atoms with Crippen molar-refractivity contribution in [1.29, 1.82) is 0 Å². The molecule has 0 saturated carbocycles. The van der Waals surface area contributed by atoms with E-state index in [4.69, 9.17) is 5.73 Å². The highest BCUT2D eigenvalue weighted by atomic mass is 79.9. The van der Waals surface area contributed by atoms with Gasteiger partial charge in [0, 0.05) is 10.0 Å². The minimum absolute atomic E-state index is 0.0275. The predicted octanol–water partition coefficient (Wildman–Crippen LogP) is 2.91. The van der Waals surface area contributed by atoms with Crippen molar-refractivity contribution in [2.24, 2.45) is 5.73 Å². The molecule has 0 unspecified atom stereocenters. The first-order valence-electron chi connectivity index (χ1n) is 6.19. The molecular weight excluding hydrogens is 320 g/mol. The van der Waals surface area contributed by atoms with Gasteiger partial charge in [-0.3, -0.25) is 4.79 Å². The molecule has 4 nitrogen and oxygen atoms in total. The number of hydrogen-bond donors (Lipinski definition) is 3. The lowest BCUT2D eigenvalue weighted by Crippen LogP contribution is -2.12. The third-order valence-electron chi connectivity index (χ3n) is 2.83. The maximum Gasteiger partial charge on any atom is 0.255 e. The molecule has 5 heteroatoms. The van der Waals surface area contributed by atoms with Crippen molar-refractivity contribution in [3.05, 3.63) is 58.1 Å². The summed E-state index contributed by atoms with van der Waals surface area (Å²) < 4.78 is 0.780. The van der Waals surface area contributed by atoms with E-state index in [9.17, 15) is 9.90 Å². The van der Waals surface area contributed by atoms with Crippen LogP contribution >= 0.6 is 15.9 Å². The standard InChI is InChI=1S/C15H15BrN2O2/c16-12-4-5-14(19)13(9-12)18-15(20)11-3-1-2-10(8-11)6-7-17/h1-5,8-9,19H,6-7,17H2,(H,18,20). The Morgan fingerprint density at radius 2 is 2.05 bits per heavy atom. The van der Waals surface area contributed by atoms with E-state index < -0.39 is 0 Å². The van der Waals surface area contributed by atoms with Crippen LogP contribution in [0.4, 0.5) is 5.69 Å². The van der Waals surface area contributed by atoms with E-state index in [0.29, 0.717) is 17.8 Å². The second kappa shape index (κ2) is 6.54. The van der Waals surface area contributed by atoms with Gasteiger partial charge in [-0.2, -0.15) is 0 Å². The van der Waals surface area contributed by atoms with Gasteiger partial charge >= 0.3 is 0 Å². The Morgan fingerprint density at radius 1 is 1.25 bits per heavy atom. The van der Waals surface area contributed by atoms with Gasteiger partial charge < -0.3 is 16.2 Å². The van der Waals surface area contributed by atoms with Gasteiger partial charge in [-0.25, -0.2) is 0 Å². The van der Waals surface area contributed by atoms with Crippen molar-refractivity contribution in [2.75, 3.05) is 11.9 Å². The van der Waals surface area contributed by atoms with Gasteiger partial charge in [-0.15, -0.1) is 0 Å². The fourth-order valence-corrected chi connectivity index (χ4v) is 2.20. The lowest BCUT2D eigenvalue weighted by molar-refractivity contribution is 0.102. The highest BCUT2D eigenvalue weighted by Crippen LogP contribution is 2.27. The summed E-state index contributed by atoms with van der Waals surface area (Å²) >= 11 is 3.30. The van der Waals surface area contributed by atoms with Crippen LogP contribution in [0.25, 0.3) is 0 Å². The summed E-state index contributed by atoms with van der Waals surface area (Å²) in [6.45, 7) is 0.539. The van der Waals surface area contributed by atoms with Crippen LogP contribution in [-0.2, 0) is 6.42 Å². The zero-order valence-electron chi connectivity index (χ0n) is 10.8. The summed E-state index contributed by atoms with van der Waals surface area (Å²) in [4.78, 5) is 12.2. The van der Waals surface area contributed by atoms with Crippen molar-refractivity contribution in [2.45, 2.75) is 6.42 Å². The molecular formula is C15H15BrN2O2. The number of halogens is 1. The van der Waals surface area contributed by atoms with E-state index in [0.717, 1.165) is 16.5 Å². The molecule has 0 atom stereocenters. The number of rotatable bonds is 4. The molecule has 0 fully saturated rings. The molecule has 0 spiro atoms. The molecule has 0 radical (unpaired) electrons. The number of phenolic OH excluding ortho intramolecular Hbond substituents is 1. The number of benzene rings is 2. The maximum atomic E-state index is 12.2. The average Bonchev–Trinajstić information content (AvgIpc) is 2.43. The third-order valence-corrected chi connectivity index (χ3v) is 3.32. The Hall–Kier alpha value is -1.85. The van der Waals surface area contributed by atoms with Crippen LogP contribution in [0.1, 0.15) is 15.9 Å². The fourth-order valence-electron chi connectivity index (χ4n) is 1.84. The van der Waals surface area contributed by atoms with E-state index >= 15 is 0 Å². The number of anilines is 1. The Balaban J connectivity index is 2.19. The number of nitrogens with two attached hydrogens (primary N) is 1. The van der Waals surface area contributed by atoms with Crippen LogP contribution in [-0.4, -0.2) is 17.6 Å². The predicted molar refractivity (Wildman–Crippen MR) is 83.0 cm³/mol. The second-order valence-corrected chi connectivity index (χ2v) is 5.27. The molecule has 2 rings (SSSR count). The normalized spacial score (nSPS) is 10.3. The van der Waals surface area contributed by atoms with Crippen LogP contribution in [0.3, 0.4) is 0 Å². The first-order valence-corrected chi connectivity index (χ1v) is 6.98. The quantitative estimate of drug-likeness (QED) is 0.752. The van der Waals surface area contributed by atoms with Gasteiger partial charge in [0.15, 0.2) is 0 Å². The molecule has 104 valence electrons. The monoisotopic (exact) mass is 334 g/mol. The molecule has 2 aromatic carbocycles. The van der Waals surface area contributed by atoms with Crippen molar-refractivity contribution < 1.29 is 9.90 Å². The molecule has 1 amide bonds. The molecule has 0 aliphatic rings. The third kappa shape index (κ3) is 3.59. The zero-order valence-corrected chi connectivity index (χ0v) is 12.4. The van der Waals surface area contributed by atoms with Crippen molar-refractivity contribution in [3.63, 3.8) is 0 Å². The van der Waals surface area contributed by atoms with Crippen molar-refractivity contribution >= 4 is 27.5 Å². The molecule has 0 bridgehead atoms. The van der Waals surface area contributed by atoms with E-state index in [1.54, 1.807) is 24.3 Å². The zero-order chi connectivity index (χ0) is 14.5. The number of carbonyl (C=O) groups excluding carboxylic acids is 1. The molecule has 0 saturated heterocycles. The summed E-state index contributed by atoms with van der Waals surface area (Å²) in [6.07, 6.45) is 0.725. The smallest absolute Gasteiger partial charge is 0.255 e. The second-order valence-electron chi connectivity index (χ2n) is 4.35. The Labute approximate surface area is 125 Å². The lowest BCUT2D eigenvalue weighted by Gasteiger charge is -2.09. The first-order chi connectivity index (χ1) is 9.60. The van der Waals surface area contributed by atoms with Gasteiger partial charge in [0.25, 0.3) is 5.91 Å². The number of aromatic hydroxyl groups is 1. The van der Waals surface area contributed by atoms with Crippen LogP contribution in [0.2, 0.25) is 0 Å². The molecule has 0 aliphatic carbocycles. The van der Waals surface area contributed by atoms with Gasteiger partial charge in [0.05, 0.1) is 5.69 Å². The first kappa shape index (κ1) is 14.6. The van der Waals surface area contributed by atoms with Crippen LogP contribution in [0.15, 0.2) is 46.9 Å². The fraction of sp³-hybridized carbons (Fsp3) is 0.133. The summed E-state index contributed by atoms with van der Waals surface area (Å²) in [5.41, 5.74) is 7.43. The van der Waals surface area contributed by atoms with E-state index in [-0.39, 0.29) is 11.7 Å². The lowest BCUT2D eigenvalue weighted by atomic mass is 10.1. The van der Waals surface area contributed by atoms with E-state index in [1.807, 2.05) is 12.1 Å². The molecule has 2 aromatic rings. The summed E-state index contributed by atoms with van der Waals surface area (Å²) in [7, 11) is 0. The van der Waals surface area contributed by atoms with Gasteiger partial charge in [-0.1, -0.05) is 28.1 Å². The highest BCUT2D eigenvalue weighted by Gasteiger charge is 2.09. The van der Waals surface area contributed by atoms with Crippen LogP contribution < -0.4 is 11.1 Å². The van der Waals surface area contributed by atoms with E-state index in [2.05, 4.69) is 21.2 Å². The molecule has 4 N–H and O–H groups in total. The highest BCUT2D eigenvalue weighted by molar-refractivity contribution is 9.10. The number of carbonyl (C=O) groups is 1. The molecule has 20 heavy (non-hydrogen) atoms. The van der Waals surface area contributed by atoms with Gasteiger partial charge in [-0.05, 0) is 48.9 Å². The Bertz CT molecular complexity index is 629.